The third-order valence-corrected chi connectivity index (χ3v) is 4.92. The minimum Gasteiger partial charge on any atom is -0.371 e. The Labute approximate surface area is 135 Å². The smallest absolute Gasteiger partial charge is 0.0988 e. The summed E-state index contributed by atoms with van der Waals surface area (Å²) in [5.41, 5.74) is 4.04. The fraction of sp³-hybridized carbons (Fsp3) is 0.238. The Bertz CT molecular complexity index is 931. The van der Waals surface area contributed by atoms with Crippen LogP contribution >= 0.6 is 0 Å². The highest BCUT2D eigenvalue weighted by Crippen LogP contribution is 2.32. The summed E-state index contributed by atoms with van der Waals surface area (Å²) < 4.78 is 7.87. The second-order valence-electron chi connectivity index (χ2n) is 6.57. The van der Waals surface area contributed by atoms with Crippen molar-refractivity contribution in [2.24, 2.45) is 5.92 Å². The summed E-state index contributed by atoms with van der Waals surface area (Å²) in [5.74, 6) is 0.542. The van der Waals surface area contributed by atoms with Gasteiger partial charge in [-0.2, -0.15) is 0 Å². The maximum Gasteiger partial charge on any atom is 0.0988 e. The molecule has 1 aromatic heterocycles. The van der Waals surface area contributed by atoms with Crippen molar-refractivity contribution >= 4 is 21.8 Å². The van der Waals surface area contributed by atoms with E-state index in [-0.39, 0.29) is 0 Å². The summed E-state index contributed by atoms with van der Waals surface area (Å²) in [6.07, 6.45) is 10.3. The molecule has 0 bridgehead atoms. The van der Waals surface area contributed by atoms with E-state index in [1.54, 1.807) is 0 Å². The van der Waals surface area contributed by atoms with Gasteiger partial charge in [-0.15, -0.1) is 0 Å². The van der Waals surface area contributed by atoms with Crippen LogP contribution in [0.1, 0.15) is 5.56 Å². The lowest BCUT2D eigenvalue weighted by atomic mass is 9.99. The van der Waals surface area contributed by atoms with Crippen LogP contribution < -0.4 is 0 Å². The van der Waals surface area contributed by atoms with Crippen LogP contribution in [0.2, 0.25) is 0 Å². The minimum atomic E-state index is 0.391. The molecular formula is C21H19NO. The van der Waals surface area contributed by atoms with Crippen LogP contribution in [0.25, 0.3) is 21.8 Å². The van der Waals surface area contributed by atoms with E-state index in [1.165, 1.54) is 27.4 Å². The average molecular weight is 301 g/mol. The lowest BCUT2D eigenvalue weighted by molar-refractivity contribution is 0.387. The number of para-hydroxylation sites is 1. The van der Waals surface area contributed by atoms with E-state index < -0.39 is 0 Å². The van der Waals surface area contributed by atoms with Gasteiger partial charge in [-0.3, -0.25) is 0 Å². The zero-order valence-electron chi connectivity index (χ0n) is 13.0. The van der Waals surface area contributed by atoms with Gasteiger partial charge in [-0.1, -0.05) is 48.6 Å². The Balaban J connectivity index is 1.64. The fourth-order valence-corrected chi connectivity index (χ4v) is 3.69. The molecule has 3 aromatic rings. The molecule has 2 aromatic carbocycles. The van der Waals surface area contributed by atoms with E-state index >= 15 is 0 Å². The molecule has 1 saturated heterocycles. The highest BCUT2D eigenvalue weighted by Gasteiger charge is 2.24. The number of nitrogens with zero attached hydrogens (tertiary/aromatic N) is 1. The zero-order valence-corrected chi connectivity index (χ0v) is 13.0. The molecule has 114 valence electrons. The van der Waals surface area contributed by atoms with Gasteiger partial charge in [-0.05, 0) is 36.1 Å². The van der Waals surface area contributed by atoms with Crippen LogP contribution in [0.5, 0.6) is 0 Å². The summed E-state index contributed by atoms with van der Waals surface area (Å²) in [6, 6.07) is 15.7. The summed E-state index contributed by atoms with van der Waals surface area (Å²) in [5, 5.41) is 2.72. The first-order valence-corrected chi connectivity index (χ1v) is 8.35. The molecule has 0 spiro atoms. The maximum atomic E-state index is 5.46. The molecule has 2 heterocycles. The second-order valence-corrected chi connectivity index (χ2v) is 6.57. The van der Waals surface area contributed by atoms with Crippen LogP contribution in [0.3, 0.4) is 0 Å². The molecule has 0 amide bonds. The van der Waals surface area contributed by atoms with Crippen molar-refractivity contribution in [2.75, 3.05) is 6.61 Å². The minimum absolute atomic E-state index is 0.391. The van der Waals surface area contributed by atoms with Gasteiger partial charge in [0.1, 0.15) is 0 Å². The number of allylic oxidation sites excluding steroid dienone is 4. The van der Waals surface area contributed by atoms with Crippen LogP contribution in [-0.4, -0.2) is 17.3 Å². The number of ether oxygens (including phenoxy) is 1. The molecule has 1 unspecified atom stereocenters. The van der Waals surface area contributed by atoms with Gasteiger partial charge in [0.2, 0.25) is 0 Å². The van der Waals surface area contributed by atoms with Gasteiger partial charge in [0.15, 0.2) is 0 Å². The van der Waals surface area contributed by atoms with E-state index in [1.807, 2.05) is 0 Å². The van der Waals surface area contributed by atoms with E-state index in [0.717, 1.165) is 19.6 Å². The monoisotopic (exact) mass is 301 g/mol. The van der Waals surface area contributed by atoms with E-state index in [4.69, 9.17) is 4.74 Å². The van der Waals surface area contributed by atoms with Crippen molar-refractivity contribution in [3.63, 3.8) is 0 Å². The van der Waals surface area contributed by atoms with Crippen LogP contribution in [0.4, 0.5) is 0 Å². The Kier molecular flexibility index (Phi) is 2.92. The first-order chi connectivity index (χ1) is 11.4. The molecule has 0 radical (unpaired) electrons. The van der Waals surface area contributed by atoms with E-state index in [2.05, 4.69) is 71.3 Å². The molecule has 1 aliphatic carbocycles. The zero-order chi connectivity index (χ0) is 15.2. The molecular weight excluding hydrogens is 282 g/mol. The third kappa shape index (κ3) is 2.30. The van der Waals surface area contributed by atoms with Gasteiger partial charge < -0.3 is 9.30 Å². The predicted molar refractivity (Wildman–Crippen MR) is 94.7 cm³/mol. The Morgan fingerprint density at radius 2 is 1.74 bits per heavy atom. The van der Waals surface area contributed by atoms with Gasteiger partial charge in [-0.25, -0.2) is 0 Å². The van der Waals surface area contributed by atoms with E-state index in [9.17, 15) is 0 Å². The van der Waals surface area contributed by atoms with Gasteiger partial charge in [0.25, 0.3) is 0 Å². The quantitative estimate of drug-likeness (QED) is 0.650. The standard InChI is InChI=1S/C21H19NO/c1-2-6-15(5-1)11-16-9-10-21-19(12-16)18-7-3-4-8-20(18)22(21)13-17-14-23-17/h1-10,12,15,17H,11,13-14H2. The molecule has 23 heavy (non-hydrogen) atoms. The molecule has 2 aliphatic rings. The van der Waals surface area contributed by atoms with Crippen molar-refractivity contribution in [1.29, 1.82) is 0 Å². The first kappa shape index (κ1) is 13.1. The fourth-order valence-electron chi connectivity index (χ4n) is 3.69. The number of aromatic nitrogens is 1. The van der Waals surface area contributed by atoms with Crippen molar-refractivity contribution in [1.82, 2.24) is 4.57 Å². The largest absolute Gasteiger partial charge is 0.371 e. The number of rotatable bonds is 4. The summed E-state index contributed by atoms with van der Waals surface area (Å²) in [7, 11) is 0. The summed E-state index contributed by atoms with van der Waals surface area (Å²) in [4.78, 5) is 0. The predicted octanol–water partition coefficient (Wildman–Crippen LogP) is 4.48. The number of hydrogen-bond acceptors (Lipinski definition) is 1. The highest BCUT2D eigenvalue weighted by atomic mass is 16.6. The van der Waals surface area contributed by atoms with Crippen LogP contribution in [0.15, 0.2) is 66.8 Å². The molecule has 1 fully saturated rings. The normalized spacial score (nSPS) is 20.1. The van der Waals surface area contributed by atoms with Crippen molar-refractivity contribution in [3.05, 3.63) is 72.3 Å². The van der Waals surface area contributed by atoms with Crippen molar-refractivity contribution in [3.8, 4) is 0 Å². The number of hydrogen-bond donors (Lipinski definition) is 0. The van der Waals surface area contributed by atoms with Gasteiger partial charge >= 0.3 is 0 Å². The average Bonchev–Trinajstić information content (AvgIpc) is 3.16. The van der Waals surface area contributed by atoms with E-state index in [0.29, 0.717) is 12.0 Å². The number of fused-ring (bicyclic) bond motifs is 3. The number of benzene rings is 2. The topological polar surface area (TPSA) is 17.5 Å². The molecule has 2 nitrogen and oxygen atoms in total. The lowest BCUT2D eigenvalue weighted by Gasteiger charge is -2.07. The molecule has 0 N–H and O–H groups in total. The van der Waals surface area contributed by atoms with Crippen molar-refractivity contribution < 1.29 is 4.74 Å². The molecule has 1 atom stereocenters. The summed E-state index contributed by atoms with van der Waals surface area (Å²) in [6.45, 7) is 1.85. The van der Waals surface area contributed by atoms with Gasteiger partial charge in [0, 0.05) is 21.8 Å². The van der Waals surface area contributed by atoms with Gasteiger partial charge in [0.05, 0.1) is 19.3 Å². The Morgan fingerprint density at radius 1 is 0.957 bits per heavy atom. The van der Waals surface area contributed by atoms with Crippen LogP contribution in [-0.2, 0) is 17.7 Å². The highest BCUT2D eigenvalue weighted by molar-refractivity contribution is 6.08. The second kappa shape index (κ2) is 5.10. The first-order valence-electron chi connectivity index (χ1n) is 8.35. The lowest BCUT2D eigenvalue weighted by Crippen LogP contribution is -2.03. The molecule has 5 rings (SSSR count). The third-order valence-electron chi connectivity index (χ3n) is 4.92. The molecule has 1 aliphatic heterocycles. The molecule has 2 heteroatoms. The maximum absolute atomic E-state index is 5.46. The molecule has 0 saturated carbocycles. The Morgan fingerprint density at radius 3 is 2.57 bits per heavy atom. The number of epoxide rings is 1. The summed E-state index contributed by atoms with van der Waals surface area (Å²) >= 11 is 0. The SMILES string of the molecule is C1=CC(Cc2ccc3c(c2)c2ccccc2n3CC2CO2)C=C1. The van der Waals surface area contributed by atoms with Crippen molar-refractivity contribution in [2.45, 2.75) is 19.1 Å². The Hall–Kier alpha value is -2.32. The van der Waals surface area contributed by atoms with Crippen LogP contribution in [0, 0.1) is 5.92 Å².